The van der Waals surface area contributed by atoms with Crippen molar-refractivity contribution in [3.05, 3.63) is 51.2 Å². The smallest absolute Gasteiger partial charge is 0.313 e. The molecule has 1 heterocycles. The summed E-state index contributed by atoms with van der Waals surface area (Å²) < 4.78 is 5.32. The van der Waals surface area contributed by atoms with E-state index in [1.807, 2.05) is 16.8 Å². The molecule has 0 aliphatic rings. The summed E-state index contributed by atoms with van der Waals surface area (Å²) in [5, 5.41) is 9.52. The van der Waals surface area contributed by atoms with Crippen molar-refractivity contribution in [2.75, 3.05) is 19.0 Å². The molecule has 0 unspecified atom stereocenters. The van der Waals surface area contributed by atoms with Gasteiger partial charge in [0.1, 0.15) is 6.10 Å². The summed E-state index contributed by atoms with van der Waals surface area (Å²) in [5.74, 6) is -1.46. The maximum Gasteiger partial charge on any atom is 0.313 e. The highest BCUT2D eigenvalue weighted by Gasteiger charge is 2.18. The predicted molar refractivity (Wildman–Crippen MR) is 91.9 cm³/mol. The molecule has 0 radical (unpaired) electrons. The fraction of sp³-hybridized carbons (Fsp3) is 0.250. The largest absolute Gasteiger partial charge is 0.375 e. The van der Waals surface area contributed by atoms with Crippen LogP contribution < -0.4 is 10.6 Å². The average Bonchev–Trinajstić information content (AvgIpc) is 3.06. The van der Waals surface area contributed by atoms with Crippen molar-refractivity contribution in [2.24, 2.45) is 0 Å². The van der Waals surface area contributed by atoms with Gasteiger partial charge in [-0.15, -0.1) is 0 Å². The summed E-state index contributed by atoms with van der Waals surface area (Å²) in [6.45, 7) is 1.99. The van der Waals surface area contributed by atoms with E-state index < -0.39 is 11.8 Å². The number of carbonyl (C=O) groups excluding carboxylic acids is 2. The number of benzene rings is 1. The van der Waals surface area contributed by atoms with E-state index in [4.69, 9.17) is 16.3 Å². The van der Waals surface area contributed by atoms with Crippen LogP contribution in [0, 0.1) is 6.92 Å². The number of ether oxygens (including phenoxy) is 1. The summed E-state index contributed by atoms with van der Waals surface area (Å²) in [6, 6.07) is 7.03. The Morgan fingerprint density at radius 3 is 2.74 bits per heavy atom. The normalized spacial score (nSPS) is 11.8. The quantitative estimate of drug-likeness (QED) is 0.812. The molecule has 122 valence electrons. The van der Waals surface area contributed by atoms with Gasteiger partial charge in [0.25, 0.3) is 0 Å². The highest BCUT2D eigenvalue weighted by Crippen LogP contribution is 2.23. The second kappa shape index (κ2) is 8.10. The maximum absolute atomic E-state index is 12.0. The Bertz CT molecular complexity index is 689. The molecule has 0 bridgehead atoms. The lowest BCUT2D eigenvalue weighted by molar-refractivity contribution is -0.136. The summed E-state index contributed by atoms with van der Waals surface area (Å²) in [7, 11) is 1.56. The maximum atomic E-state index is 12.0. The van der Waals surface area contributed by atoms with Crippen LogP contribution in [0.1, 0.15) is 17.2 Å². The minimum absolute atomic E-state index is 0.216. The third-order valence-corrected chi connectivity index (χ3v) is 4.48. The van der Waals surface area contributed by atoms with Crippen LogP contribution in [0.25, 0.3) is 0 Å². The first-order valence-corrected chi connectivity index (χ1v) is 8.24. The highest BCUT2D eigenvalue weighted by atomic mass is 35.5. The molecule has 2 aromatic rings. The number of hydrogen-bond acceptors (Lipinski definition) is 4. The number of carbonyl (C=O) groups is 2. The molecular formula is C16H17ClN2O3S. The average molecular weight is 353 g/mol. The van der Waals surface area contributed by atoms with Crippen molar-refractivity contribution in [2.45, 2.75) is 13.0 Å². The summed E-state index contributed by atoms with van der Waals surface area (Å²) >= 11 is 7.53. The van der Waals surface area contributed by atoms with Crippen LogP contribution in [0.5, 0.6) is 0 Å². The highest BCUT2D eigenvalue weighted by molar-refractivity contribution is 7.07. The molecule has 0 aliphatic carbocycles. The summed E-state index contributed by atoms with van der Waals surface area (Å²) in [5.41, 5.74) is 2.19. The second-order valence-corrected chi connectivity index (χ2v) is 6.04. The lowest BCUT2D eigenvalue weighted by Gasteiger charge is -2.15. The lowest BCUT2D eigenvalue weighted by Crippen LogP contribution is -2.38. The van der Waals surface area contributed by atoms with Gasteiger partial charge in [0, 0.05) is 24.4 Å². The Hall–Kier alpha value is -1.89. The van der Waals surface area contributed by atoms with E-state index in [1.165, 1.54) is 0 Å². The van der Waals surface area contributed by atoms with Crippen molar-refractivity contribution >= 4 is 40.4 Å². The van der Waals surface area contributed by atoms with Crippen molar-refractivity contribution in [1.82, 2.24) is 5.32 Å². The molecule has 2 rings (SSSR count). The molecule has 0 fully saturated rings. The zero-order chi connectivity index (χ0) is 16.8. The van der Waals surface area contributed by atoms with Crippen LogP contribution >= 0.6 is 22.9 Å². The molecule has 1 atom stereocenters. The van der Waals surface area contributed by atoms with Crippen LogP contribution in [0.3, 0.4) is 0 Å². The molecular weight excluding hydrogens is 336 g/mol. The van der Waals surface area contributed by atoms with E-state index in [1.54, 1.807) is 43.6 Å². The van der Waals surface area contributed by atoms with Crippen molar-refractivity contribution < 1.29 is 14.3 Å². The Kier molecular flexibility index (Phi) is 6.15. The van der Waals surface area contributed by atoms with Gasteiger partial charge in [0.2, 0.25) is 0 Å². The zero-order valence-corrected chi connectivity index (χ0v) is 14.3. The van der Waals surface area contributed by atoms with E-state index in [9.17, 15) is 9.59 Å². The number of thiophene rings is 1. The molecule has 0 aliphatic heterocycles. The third kappa shape index (κ3) is 4.54. The standard InChI is InChI=1S/C16H17ClN2O3S/c1-10-12(17)4-3-5-13(10)19-16(21)15(20)18-8-14(22-2)11-6-7-23-9-11/h3-7,9,14H,8H2,1-2H3,(H,18,20)(H,19,21)/t14-/m1/s1. The van der Waals surface area contributed by atoms with Gasteiger partial charge >= 0.3 is 11.8 Å². The number of halogens is 1. The van der Waals surface area contributed by atoms with Crippen LogP contribution in [-0.2, 0) is 14.3 Å². The minimum Gasteiger partial charge on any atom is -0.375 e. The SMILES string of the molecule is CO[C@H](CNC(=O)C(=O)Nc1cccc(Cl)c1C)c1ccsc1. The Morgan fingerprint density at radius 2 is 2.09 bits per heavy atom. The van der Waals surface area contributed by atoms with Gasteiger partial charge in [-0.05, 0) is 47.0 Å². The van der Waals surface area contributed by atoms with Gasteiger partial charge in [0.15, 0.2) is 0 Å². The molecule has 5 nitrogen and oxygen atoms in total. The molecule has 2 N–H and O–H groups in total. The van der Waals surface area contributed by atoms with Crippen molar-refractivity contribution in [3.8, 4) is 0 Å². The lowest BCUT2D eigenvalue weighted by atomic mass is 10.2. The van der Waals surface area contributed by atoms with Gasteiger partial charge < -0.3 is 15.4 Å². The van der Waals surface area contributed by atoms with Crippen LogP contribution in [0.2, 0.25) is 5.02 Å². The van der Waals surface area contributed by atoms with Crippen LogP contribution in [0.15, 0.2) is 35.0 Å². The fourth-order valence-electron chi connectivity index (χ4n) is 1.98. The zero-order valence-electron chi connectivity index (χ0n) is 12.8. The number of anilines is 1. The molecule has 7 heteroatoms. The second-order valence-electron chi connectivity index (χ2n) is 4.86. The van der Waals surface area contributed by atoms with Gasteiger partial charge in [-0.2, -0.15) is 11.3 Å². The van der Waals surface area contributed by atoms with E-state index in [2.05, 4.69) is 10.6 Å². The topological polar surface area (TPSA) is 67.4 Å². The van der Waals surface area contributed by atoms with Crippen LogP contribution in [0.4, 0.5) is 5.69 Å². The molecule has 0 spiro atoms. The summed E-state index contributed by atoms with van der Waals surface area (Å²) in [4.78, 5) is 23.9. The molecule has 0 saturated heterocycles. The third-order valence-electron chi connectivity index (χ3n) is 3.37. The molecule has 0 saturated carbocycles. The van der Waals surface area contributed by atoms with Crippen molar-refractivity contribution in [3.63, 3.8) is 0 Å². The monoisotopic (exact) mass is 352 g/mol. The number of amides is 2. The molecule has 1 aromatic carbocycles. The first kappa shape index (κ1) is 17.5. The Balaban J connectivity index is 1.92. The van der Waals surface area contributed by atoms with E-state index >= 15 is 0 Å². The Labute approximate surface area is 143 Å². The van der Waals surface area contributed by atoms with Gasteiger partial charge in [-0.1, -0.05) is 17.7 Å². The van der Waals surface area contributed by atoms with Gasteiger partial charge in [0.05, 0.1) is 0 Å². The molecule has 1 aromatic heterocycles. The van der Waals surface area contributed by atoms with E-state index in [0.717, 1.165) is 5.56 Å². The number of rotatable bonds is 5. The van der Waals surface area contributed by atoms with E-state index in [0.29, 0.717) is 16.3 Å². The number of hydrogen-bond donors (Lipinski definition) is 2. The Morgan fingerprint density at radius 1 is 1.30 bits per heavy atom. The first-order valence-electron chi connectivity index (χ1n) is 6.92. The fourth-order valence-corrected chi connectivity index (χ4v) is 2.86. The molecule has 23 heavy (non-hydrogen) atoms. The predicted octanol–water partition coefficient (Wildman–Crippen LogP) is 3.15. The van der Waals surface area contributed by atoms with E-state index in [-0.39, 0.29) is 12.6 Å². The number of nitrogens with one attached hydrogen (secondary N) is 2. The van der Waals surface area contributed by atoms with Crippen molar-refractivity contribution in [1.29, 1.82) is 0 Å². The van der Waals surface area contributed by atoms with Gasteiger partial charge in [-0.25, -0.2) is 0 Å². The van der Waals surface area contributed by atoms with Gasteiger partial charge in [-0.3, -0.25) is 9.59 Å². The summed E-state index contributed by atoms with van der Waals surface area (Å²) in [6.07, 6.45) is -0.286. The number of methoxy groups -OCH3 is 1. The van der Waals surface area contributed by atoms with Crippen LogP contribution in [-0.4, -0.2) is 25.5 Å². The molecule has 2 amide bonds. The first-order chi connectivity index (χ1) is 11.0. The minimum atomic E-state index is -0.740.